The molecule has 1 aliphatic heterocycles. The molecule has 2 rings (SSSR count). The van der Waals surface area contributed by atoms with E-state index in [2.05, 4.69) is 11.8 Å². The van der Waals surface area contributed by atoms with Gasteiger partial charge in [-0.25, -0.2) is 0 Å². The number of phenolic OH excluding ortho intramolecular Hbond substituents is 1. The lowest BCUT2D eigenvalue weighted by Gasteiger charge is -2.32. The number of hydrogen-bond donors (Lipinski definition) is 1. The molecule has 1 aromatic carbocycles. The number of halogens is 1. The highest BCUT2D eigenvalue weighted by molar-refractivity contribution is 5.85. The van der Waals surface area contributed by atoms with Gasteiger partial charge in [-0.15, -0.1) is 12.4 Å². The topological polar surface area (TPSA) is 32.7 Å². The first-order valence-corrected chi connectivity index (χ1v) is 5.92. The van der Waals surface area contributed by atoms with Gasteiger partial charge in [0, 0.05) is 13.1 Å². The maximum atomic E-state index is 9.44. The Morgan fingerprint density at radius 2 is 2.29 bits per heavy atom. The van der Waals surface area contributed by atoms with Crippen LogP contribution in [0.3, 0.4) is 0 Å². The van der Waals surface area contributed by atoms with Gasteiger partial charge in [-0.1, -0.05) is 19.1 Å². The van der Waals surface area contributed by atoms with Crippen LogP contribution >= 0.6 is 12.4 Å². The Kier molecular flexibility index (Phi) is 5.75. The molecule has 1 unspecified atom stereocenters. The normalized spacial score (nSPS) is 20.9. The van der Waals surface area contributed by atoms with Crippen LogP contribution in [0, 0.1) is 0 Å². The van der Waals surface area contributed by atoms with Crippen LogP contribution in [0.1, 0.15) is 25.0 Å². The van der Waals surface area contributed by atoms with Crippen molar-refractivity contribution in [2.75, 3.05) is 26.2 Å². The summed E-state index contributed by atoms with van der Waals surface area (Å²) < 4.78 is 5.74. The molecule has 0 spiro atoms. The van der Waals surface area contributed by atoms with Crippen molar-refractivity contribution in [2.45, 2.75) is 19.4 Å². The highest BCUT2D eigenvalue weighted by Gasteiger charge is 2.21. The molecule has 0 amide bonds. The quantitative estimate of drug-likeness (QED) is 0.904. The van der Waals surface area contributed by atoms with Crippen LogP contribution < -0.4 is 0 Å². The molecule has 1 aliphatic rings. The van der Waals surface area contributed by atoms with Crippen molar-refractivity contribution < 1.29 is 9.84 Å². The lowest BCUT2D eigenvalue weighted by molar-refractivity contribution is -0.0299. The van der Waals surface area contributed by atoms with Gasteiger partial charge < -0.3 is 9.84 Å². The van der Waals surface area contributed by atoms with E-state index in [1.54, 1.807) is 12.1 Å². The zero-order valence-corrected chi connectivity index (χ0v) is 10.9. The molecule has 1 fully saturated rings. The van der Waals surface area contributed by atoms with Crippen molar-refractivity contribution in [1.29, 1.82) is 0 Å². The SMILES string of the molecule is CCCN1CCOC(c2cccc(O)c2)C1.Cl. The molecule has 1 N–H and O–H groups in total. The Labute approximate surface area is 109 Å². The number of phenols is 1. The van der Waals surface area contributed by atoms with E-state index in [-0.39, 0.29) is 18.5 Å². The second kappa shape index (κ2) is 6.84. The van der Waals surface area contributed by atoms with Crippen LogP contribution in [0.5, 0.6) is 5.75 Å². The standard InChI is InChI=1S/C13H19NO2.ClH/c1-2-6-14-7-8-16-13(10-14)11-4-3-5-12(15)9-11;/h3-5,9,13,15H,2,6-8,10H2,1H3;1H. The van der Waals surface area contributed by atoms with Crippen molar-refractivity contribution in [3.05, 3.63) is 29.8 Å². The molecule has 1 heterocycles. The number of morpholine rings is 1. The summed E-state index contributed by atoms with van der Waals surface area (Å²) in [7, 11) is 0. The average Bonchev–Trinajstić information content (AvgIpc) is 2.30. The van der Waals surface area contributed by atoms with Crippen molar-refractivity contribution in [1.82, 2.24) is 4.90 Å². The molecule has 1 atom stereocenters. The third-order valence-electron chi connectivity index (χ3n) is 2.93. The first-order valence-electron chi connectivity index (χ1n) is 5.92. The molecule has 96 valence electrons. The fourth-order valence-corrected chi connectivity index (χ4v) is 2.15. The molecule has 4 heteroatoms. The number of ether oxygens (including phenoxy) is 1. The van der Waals surface area contributed by atoms with Crippen molar-refractivity contribution in [3.63, 3.8) is 0 Å². The third-order valence-corrected chi connectivity index (χ3v) is 2.93. The molecular formula is C13H20ClNO2. The Balaban J connectivity index is 0.00000144. The van der Waals surface area contributed by atoms with E-state index in [1.807, 2.05) is 12.1 Å². The van der Waals surface area contributed by atoms with E-state index in [0.717, 1.165) is 31.8 Å². The van der Waals surface area contributed by atoms with Crippen LogP contribution in [0.15, 0.2) is 24.3 Å². The first-order chi connectivity index (χ1) is 7.79. The predicted molar refractivity (Wildman–Crippen MR) is 70.8 cm³/mol. The van der Waals surface area contributed by atoms with E-state index in [9.17, 15) is 5.11 Å². The smallest absolute Gasteiger partial charge is 0.115 e. The van der Waals surface area contributed by atoms with Crippen molar-refractivity contribution >= 4 is 12.4 Å². The Hall–Kier alpha value is -0.770. The zero-order chi connectivity index (χ0) is 11.4. The maximum absolute atomic E-state index is 9.44. The van der Waals surface area contributed by atoms with Gasteiger partial charge >= 0.3 is 0 Å². The van der Waals surface area contributed by atoms with Gasteiger partial charge in [0.15, 0.2) is 0 Å². The number of nitrogens with zero attached hydrogens (tertiary/aromatic N) is 1. The molecule has 0 aliphatic carbocycles. The van der Waals surface area contributed by atoms with Crippen molar-refractivity contribution in [3.8, 4) is 5.75 Å². The fraction of sp³-hybridized carbons (Fsp3) is 0.538. The maximum Gasteiger partial charge on any atom is 0.115 e. The highest BCUT2D eigenvalue weighted by atomic mass is 35.5. The third kappa shape index (κ3) is 3.87. The fourth-order valence-electron chi connectivity index (χ4n) is 2.15. The molecule has 0 bridgehead atoms. The second-order valence-corrected chi connectivity index (χ2v) is 4.26. The van der Waals surface area contributed by atoms with Gasteiger partial charge in [-0.2, -0.15) is 0 Å². The summed E-state index contributed by atoms with van der Waals surface area (Å²) in [6.45, 7) is 6.04. The van der Waals surface area contributed by atoms with E-state index in [0.29, 0.717) is 5.75 Å². The molecular weight excluding hydrogens is 238 g/mol. The summed E-state index contributed by atoms with van der Waals surface area (Å²) in [6.07, 6.45) is 1.28. The average molecular weight is 258 g/mol. The molecule has 3 nitrogen and oxygen atoms in total. The van der Waals surface area contributed by atoms with Gasteiger partial charge in [-0.05, 0) is 30.7 Å². The monoisotopic (exact) mass is 257 g/mol. The van der Waals surface area contributed by atoms with Crippen LogP contribution in [0.4, 0.5) is 0 Å². The summed E-state index contributed by atoms with van der Waals surface area (Å²) >= 11 is 0. The summed E-state index contributed by atoms with van der Waals surface area (Å²) in [4.78, 5) is 2.41. The lowest BCUT2D eigenvalue weighted by Crippen LogP contribution is -2.38. The zero-order valence-electron chi connectivity index (χ0n) is 10.1. The summed E-state index contributed by atoms with van der Waals surface area (Å²) in [5.41, 5.74) is 1.07. The number of hydrogen-bond acceptors (Lipinski definition) is 3. The van der Waals surface area contributed by atoms with E-state index in [4.69, 9.17) is 4.74 Å². The minimum Gasteiger partial charge on any atom is -0.508 e. The number of aromatic hydroxyl groups is 1. The largest absolute Gasteiger partial charge is 0.508 e. The molecule has 1 aromatic rings. The molecule has 0 radical (unpaired) electrons. The predicted octanol–water partition coefficient (Wildman–Crippen LogP) is 2.60. The summed E-state index contributed by atoms with van der Waals surface area (Å²) in [5.74, 6) is 0.314. The van der Waals surface area contributed by atoms with Crippen LogP contribution in [0.2, 0.25) is 0 Å². The highest BCUT2D eigenvalue weighted by Crippen LogP contribution is 2.24. The van der Waals surface area contributed by atoms with Gasteiger partial charge in [-0.3, -0.25) is 4.90 Å². The Morgan fingerprint density at radius 3 is 3.00 bits per heavy atom. The van der Waals surface area contributed by atoms with Crippen LogP contribution in [-0.4, -0.2) is 36.2 Å². The number of rotatable bonds is 3. The van der Waals surface area contributed by atoms with E-state index < -0.39 is 0 Å². The van der Waals surface area contributed by atoms with Crippen molar-refractivity contribution in [2.24, 2.45) is 0 Å². The summed E-state index contributed by atoms with van der Waals surface area (Å²) in [5, 5.41) is 9.44. The number of benzene rings is 1. The van der Waals surface area contributed by atoms with E-state index in [1.165, 1.54) is 6.42 Å². The first kappa shape index (κ1) is 14.3. The summed E-state index contributed by atoms with van der Waals surface area (Å²) in [6, 6.07) is 7.36. The molecule has 1 saturated heterocycles. The second-order valence-electron chi connectivity index (χ2n) is 4.26. The van der Waals surface area contributed by atoms with E-state index >= 15 is 0 Å². The lowest BCUT2D eigenvalue weighted by atomic mass is 10.1. The molecule has 0 aromatic heterocycles. The Morgan fingerprint density at radius 1 is 1.47 bits per heavy atom. The minimum atomic E-state index is 0. The molecule has 0 saturated carbocycles. The minimum absolute atomic E-state index is 0. The van der Waals surface area contributed by atoms with Gasteiger partial charge in [0.25, 0.3) is 0 Å². The van der Waals surface area contributed by atoms with Crippen LogP contribution in [-0.2, 0) is 4.74 Å². The Bertz CT molecular complexity index is 344. The van der Waals surface area contributed by atoms with Gasteiger partial charge in [0.1, 0.15) is 5.75 Å². The van der Waals surface area contributed by atoms with Gasteiger partial charge in [0.05, 0.1) is 12.7 Å². The van der Waals surface area contributed by atoms with Gasteiger partial charge in [0.2, 0.25) is 0 Å². The molecule has 17 heavy (non-hydrogen) atoms. The van der Waals surface area contributed by atoms with Crippen LogP contribution in [0.25, 0.3) is 0 Å².